The van der Waals surface area contributed by atoms with Crippen LogP contribution in [0, 0.1) is 5.82 Å². The number of ether oxygens (including phenoxy) is 2. The largest absolute Gasteiger partial charge is 0.495 e. The molecule has 0 unspecified atom stereocenters. The third-order valence-electron chi connectivity index (χ3n) is 5.24. The zero-order valence-corrected chi connectivity index (χ0v) is 18.5. The van der Waals surface area contributed by atoms with Crippen LogP contribution in [-0.4, -0.2) is 51.5 Å². The van der Waals surface area contributed by atoms with Crippen molar-refractivity contribution in [3.05, 3.63) is 53.8 Å². The van der Waals surface area contributed by atoms with Crippen molar-refractivity contribution < 1.29 is 27.1 Å². The first-order valence-corrected chi connectivity index (χ1v) is 11.6. The van der Waals surface area contributed by atoms with E-state index >= 15 is 0 Å². The fraction of sp³-hybridized carbons (Fsp3) is 0.409. The van der Waals surface area contributed by atoms with Crippen LogP contribution in [0.25, 0.3) is 0 Å². The van der Waals surface area contributed by atoms with E-state index in [0.717, 1.165) is 19.3 Å². The minimum absolute atomic E-state index is 0.0287. The summed E-state index contributed by atoms with van der Waals surface area (Å²) in [7, 11) is -2.42. The number of carbonyl (C=O) groups is 1. The van der Waals surface area contributed by atoms with Gasteiger partial charge in [0.15, 0.2) is 11.6 Å². The van der Waals surface area contributed by atoms with E-state index in [-0.39, 0.29) is 41.2 Å². The molecule has 0 spiro atoms. The number of nitrogens with zero attached hydrogens (tertiary/aromatic N) is 1. The van der Waals surface area contributed by atoms with Gasteiger partial charge in [0.25, 0.3) is 5.91 Å². The van der Waals surface area contributed by atoms with Crippen LogP contribution in [0.15, 0.2) is 47.4 Å². The minimum atomic E-state index is -3.81. The van der Waals surface area contributed by atoms with Gasteiger partial charge in [-0.05, 0) is 50.1 Å². The molecule has 1 heterocycles. The summed E-state index contributed by atoms with van der Waals surface area (Å²) >= 11 is 0. The summed E-state index contributed by atoms with van der Waals surface area (Å²) in [5.74, 6) is -0.642. The molecule has 0 radical (unpaired) electrons. The Hall–Kier alpha value is -2.65. The summed E-state index contributed by atoms with van der Waals surface area (Å²) in [6.45, 7) is 2.52. The standard InChI is InChI=1S/C22H27FN2O5S/c1-16-7-5-6-13-25(16)31(27,28)21-15-17(10-11-20(21)29-2)22(26)24-12-14-30-19-9-4-3-8-18(19)23/h3-4,8-11,15-16H,5-7,12-14H2,1-2H3,(H,24,26)/t16-/m0/s1. The second-order valence-electron chi connectivity index (χ2n) is 7.36. The molecular formula is C22H27FN2O5S. The quantitative estimate of drug-likeness (QED) is 0.625. The van der Waals surface area contributed by atoms with E-state index in [1.165, 1.54) is 41.7 Å². The molecule has 0 aliphatic carbocycles. The van der Waals surface area contributed by atoms with Gasteiger partial charge in [-0.3, -0.25) is 4.79 Å². The van der Waals surface area contributed by atoms with Crippen molar-refractivity contribution in [2.75, 3.05) is 26.8 Å². The molecule has 3 rings (SSSR count). The van der Waals surface area contributed by atoms with Gasteiger partial charge in [-0.15, -0.1) is 0 Å². The third kappa shape index (κ3) is 5.34. The molecule has 1 saturated heterocycles. The number of nitrogens with one attached hydrogen (secondary N) is 1. The van der Waals surface area contributed by atoms with Crippen LogP contribution in [-0.2, 0) is 10.0 Å². The molecular weight excluding hydrogens is 423 g/mol. The summed E-state index contributed by atoms with van der Waals surface area (Å²) in [6, 6.07) is 10.2. The van der Waals surface area contributed by atoms with Crippen LogP contribution >= 0.6 is 0 Å². The van der Waals surface area contributed by atoms with Gasteiger partial charge in [0.2, 0.25) is 10.0 Å². The first kappa shape index (κ1) is 23.0. The van der Waals surface area contributed by atoms with Gasteiger partial charge >= 0.3 is 0 Å². The van der Waals surface area contributed by atoms with Crippen LogP contribution in [0.5, 0.6) is 11.5 Å². The Morgan fingerprint density at radius 3 is 2.68 bits per heavy atom. The fourth-order valence-corrected chi connectivity index (χ4v) is 5.45. The lowest BCUT2D eigenvalue weighted by molar-refractivity contribution is 0.0946. The first-order chi connectivity index (χ1) is 14.8. The molecule has 1 aliphatic rings. The molecule has 1 amide bonds. The maximum Gasteiger partial charge on any atom is 0.251 e. The number of halogens is 1. The Bertz CT molecular complexity index is 1030. The summed E-state index contributed by atoms with van der Waals surface area (Å²) in [5, 5.41) is 2.66. The highest BCUT2D eigenvalue weighted by Crippen LogP contribution is 2.31. The van der Waals surface area contributed by atoms with Crippen molar-refractivity contribution in [1.29, 1.82) is 0 Å². The number of sulfonamides is 1. The average molecular weight is 451 g/mol. The van der Waals surface area contributed by atoms with Gasteiger partial charge in [-0.1, -0.05) is 18.6 Å². The van der Waals surface area contributed by atoms with Crippen molar-refractivity contribution >= 4 is 15.9 Å². The molecule has 0 aromatic heterocycles. The van der Waals surface area contributed by atoms with Gasteiger partial charge in [0, 0.05) is 18.2 Å². The predicted octanol–water partition coefficient (Wildman–Crippen LogP) is 3.21. The highest BCUT2D eigenvalue weighted by molar-refractivity contribution is 7.89. The van der Waals surface area contributed by atoms with E-state index in [2.05, 4.69) is 5.32 Å². The molecule has 1 atom stereocenters. The fourth-order valence-electron chi connectivity index (χ4n) is 3.56. The molecule has 1 N–H and O–H groups in total. The third-order valence-corrected chi connectivity index (χ3v) is 7.27. The van der Waals surface area contributed by atoms with Crippen molar-refractivity contribution in [1.82, 2.24) is 9.62 Å². The van der Waals surface area contributed by atoms with Crippen LogP contribution in [0.1, 0.15) is 36.5 Å². The summed E-state index contributed by atoms with van der Waals surface area (Å²) in [5.41, 5.74) is 0.190. The molecule has 1 fully saturated rings. The zero-order chi connectivity index (χ0) is 22.4. The number of rotatable bonds is 8. The predicted molar refractivity (Wildman–Crippen MR) is 114 cm³/mol. The molecule has 2 aromatic carbocycles. The molecule has 0 bridgehead atoms. The maximum atomic E-state index is 13.6. The molecule has 9 heteroatoms. The van der Waals surface area contributed by atoms with Crippen molar-refractivity contribution in [2.45, 2.75) is 37.1 Å². The summed E-state index contributed by atoms with van der Waals surface area (Å²) < 4.78 is 52.1. The number of methoxy groups -OCH3 is 1. The minimum Gasteiger partial charge on any atom is -0.495 e. The van der Waals surface area contributed by atoms with E-state index in [0.29, 0.717) is 6.54 Å². The Kier molecular flexibility index (Phi) is 7.50. The Morgan fingerprint density at radius 1 is 1.19 bits per heavy atom. The molecule has 7 nitrogen and oxygen atoms in total. The normalized spacial score (nSPS) is 17.2. The van der Waals surface area contributed by atoms with Gasteiger partial charge in [-0.2, -0.15) is 4.31 Å². The van der Waals surface area contributed by atoms with Gasteiger partial charge < -0.3 is 14.8 Å². The van der Waals surface area contributed by atoms with E-state index < -0.39 is 21.7 Å². The van der Waals surface area contributed by atoms with Gasteiger partial charge in [0.1, 0.15) is 17.3 Å². The second-order valence-corrected chi connectivity index (χ2v) is 9.22. The Morgan fingerprint density at radius 2 is 1.97 bits per heavy atom. The monoisotopic (exact) mass is 450 g/mol. The molecule has 1 aliphatic heterocycles. The lowest BCUT2D eigenvalue weighted by Gasteiger charge is -2.32. The average Bonchev–Trinajstić information content (AvgIpc) is 2.77. The number of hydrogen-bond acceptors (Lipinski definition) is 5. The first-order valence-electron chi connectivity index (χ1n) is 10.2. The van der Waals surface area contributed by atoms with Gasteiger partial charge in [0.05, 0.1) is 13.7 Å². The summed E-state index contributed by atoms with van der Waals surface area (Å²) in [4.78, 5) is 12.5. The summed E-state index contributed by atoms with van der Waals surface area (Å²) in [6.07, 6.45) is 2.58. The SMILES string of the molecule is COc1ccc(C(=O)NCCOc2ccccc2F)cc1S(=O)(=O)N1CCCC[C@@H]1C. The topological polar surface area (TPSA) is 84.9 Å². The van der Waals surface area contributed by atoms with Crippen molar-refractivity contribution in [3.63, 3.8) is 0 Å². The molecule has 31 heavy (non-hydrogen) atoms. The number of benzene rings is 2. The molecule has 168 valence electrons. The smallest absolute Gasteiger partial charge is 0.251 e. The highest BCUT2D eigenvalue weighted by atomic mass is 32.2. The molecule has 2 aromatic rings. The number of carbonyl (C=O) groups excluding carboxylic acids is 1. The van der Waals surface area contributed by atoms with Crippen molar-refractivity contribution in [3.8, 4) is 11.5 Å². The van der Waals surface area contributed by atoms with Crippen LogP contribution in [0.4, 0.5) is 4.39 Å². The highest BCUT2D eigenvalue weighted by Gasteiger charge is 2.33. The van der Waals surface area contributed by atoms with Crippen molar-refractivity contribution in [2.24, 2.45) is 0 Å². The molecule has 0 saturated carbocycles. The maximum absolute atomic E-state index is 13.6. The Labute approximate surface area is 182 Å². The van der Waals surface area contributed by atoms with E-state index in [9.17, 15) is 17.6 Å². The number of amides is 1. The number of para-hydroxylation sites is 1. The zero-order valence-electron chi connectivity index (χ0n) is 17.6. The number of piperidine rings is 1. The van der Waals surface area contributed by atoms with Crippen LogP contribution in [0.2, 0.25) is 0 Å². The van der Waals surface area contributed by atoms with Gasteiger partial charge in [-0.25, -0.2) is 12.8 Å². The van der Waals surface area contributed by atoms with E-state index in [1.807, 2.05) is 6.92 Å². The van der Waals surface area contributed by atoms with Crippen LogP contribution < -0.4 is 14.8 Å². The van der Waals surface area contributed by atoms with E-state index in [4.69, 9.17) is 9.47 Å². The van der Waals surface area contributed by atoms with E-state index in [1.54, 1.807) is 12.1 Å². The lowest BCUT2D eigenvalue weighted by Crippen LogP contribution is -2.42. The van der Waals surface area contributed by atoms with Crippen LogP contribution in [0.3, 0.4) is 0 Å². The lowest BCUT2D eigenvalue weighted by atomic mass is 10.1. The second kappa shape index (κ2) is 10.1. The number of hydrogen-bond donors (Lipinski definition) is 1. The Balaban J connectivity index is 1.70.